The van der Waals surface area contributed by atoms with Crippen LogP contribution < -0.4 is 24.3 Å². The molecule has 5 heteroatoms. The summed E-state index contributed by atoms with van der Waals surface area (Å²) >= 11 is 0. The molecule has 0 fully saturated rings. The Balaban J connectivity index is 1.92. The molecule has 0 bridgehead atoms. The van der Waals surface area contributed by atoms with Crippen LogP contribution in [0.5, 0.6) is 23.0 Å². The van der Waals surface area contributed by atoms with Gasteiger partial charge in [0, 0.05) is 12.1 Å². The molecule has 0 aliphatic heterocycles. The van der Waals surface area contributed by atoms with E-state index in [1.165, 1.54) is 5.56 Å². The number of benzene rings is 2. The quantitative estimate of drug-likeness (QED) is 0.669. The van der Waals surface area contributed by atoms with Crippen molar-refractivity contribution < 1.29 is 18.9 Å². The maximum atomic E-state index is 5.61. The summed E-state index contributed by atoms with van der Waals surface area (Å²) < 4.78 is 21.7. The molecule has 136 valence electrons. The number of para-hydroxylation sites is 1. The maximum Gasteiger partial charge on any atom is 0.165 e. The monoisotopic (exact) mass is 345 g/mol. The fraction of sp³-hybridized carbons (Fsp3) is 0.400. The van der Waals surface area contributed by atoms with Gasteiger partial charge in [-0.15, -0.1) is 0 Å². The van der Waals surface area contributed by atoms with Crippen molar-refractivity contribution in [3.05, 3.63) is 47.5 Å². The highest BCUT2D eigenvalue weighted by molar-refractivity contribution is 5.46. The van der Waals surface area contributed by atoms with Gasteiger partial charge < -0.3 is 24.3 Å². The van der Waals surface area contributed by atoms with Crippen molar-refractivity contribution in [2.45, 2.75) is 19.9 Å². The second kappa shape index (κ2) is 9.79. The molecule has 2 rings (SSSR count). The number of hydrogen-bond acceptors (Lipinski definition) is 5. The van der Waals surface area contributed by atoms with Gasteiger partial charge in [0.1, 0.15) is 0 Å². The highest BCUT2D eigenvalue weighted by atomic mass is 16.5. The number of ether oxygens (including phenoxy) is 4. The zero-order valence-electron chi connectivity index (χ0n) is 15.4. The predicted molar refractivity (Wildman–Crippen MR) is 99.1 cm³/mol. The highest BCUT2D eigenvalue weighted by Crippen LogP contribution is 2.31. The Labute approximate surface area is 149 Å². The lowest BCUT2D eigenvalue weighted by Gasteiger charge is -2.14. The van der Waals surface area contributed by atoms with E-state index >= 15 is 0 Å². The smallest absolute Gasteiger partial charge is 0.165 e. The molecular weight excluding hydrogens is 318 g/mol. The first kappa shape index (κ1) is 18.9. The lowest BCUT2D eigenvalue weighted by atomic mass is 10.1. The normalized spacial score (nSPS) is 10.4. The molecule has 0 spiro atoms. The van der Waals surface area contributed by atoms with E-state index < -0.39 is 0 Å². The van der Waals surface area contributed by atoms with Crippen molar-refractivity contribution in [1.29, 1.82) is 0 Å². The summed E-state index contributed by atoms with van der Waals surface area (Å²) in [6.07, 6.45) is 0.897. The summed E-state index contributed by atoms with van der Waals surface area (Å²) in [6, 6.07) is 12.0. The molecule has 2 aromatic rings. The summed E-state index contributed by atoms with van der Waals surface area (Å²) in [7, 11) is 4.96. The standard InChI is InChI=1S/C20H27NO4/c1-5-25-18-8-6-7-16(20(18)24-4)14-21-12-11-15-9-10-17(22-2)19(13-15)23-3/h6-10,13,21H,5,11-12,14H2,1-4H3. The molecule has 2 aromatic carbocycles. The number of hydrogen-bond donors (Lipinski definition) is 1. The second-order valence-electron chi connectivity index (χ2n) is 5.50. The van der Waals surface area contributed by atoms with Gasteiger partial charge in [0.15, 0.2) is 23.0 Å². The molecule has 0 unspecified atom stereocenters. The largest absolute Gasteiger partial charge is 0.493 e. The minimum Gasteiger partial charge on any atom is -0.493 e. The molecule has 0 heterocycles. The first-order valence-corrected chi connectivity index (χ1v) is 8.43. The summed E-state index contributed by atoms with van der Waals surface area (Å²) in [5, 5.41) is 3.45. The third-order valence-corrected chi connectivity index (χ3v) is 3.92. The highest BCUT2D eigenvalue weighted by Gasteiger charge is 2.09. The van der Waals surface area contributed by atoms with Gasteiger partial charge in [0.2, 0.25) is 0 Å². The summed E-state index contributed by atoms with van der Waals surface area (Å²) in [5.74, 6) is 3.08. The van der Waals surface area contributed by atoms with Gasteiger partial charge in [-0.3, -0.25) is 0 Å². The van der Waals surface area contributed by atoms with Gasteiger partial charge >= 0.3 is 0 Å². The average molecular weight is 345 g/mol. The molecule has 0 radical (unpaired) electrons. The van der Waals surface area contributed by atoms with Crippen LogP contribution in [0.4, 0.5) is 0 Å². The SMILES string of the molecule is CCOc1cccc(CNCCc2ccc(OC)c(OC)c2)c1OC. The van der Waals surface area contributed by atoms with E-state index in [1.54, 1.807) is 21.3 Å². The Bertz CT molecular complexity index is 673. The van der Waals surface area contributed by atoms with Crippen LogP contribution in [0, 0.1) is 0 Å². The van der Waals surface area contributed by atoms with E-state index in [0.717, 1.165) is 48.1 Å². The lowest BCUT2D eigenvalue weighted by molar-refractivity contribution is 0.308. The van der Waals surface area contributed by atoms with E-state index in [9.17, 15) is 0 Å². The molecule has 5 nitrogen and oxygen atoms in total. The zero-order chi connectivity index (χ0) is 18.1. The summed E-state index contributed by atoms with van der Waals surface area (Å²) in [4.78, 5) is 0. The Kier molecular flexibility index (Phi) is 7.41. The van der Waals surface area contributed by atoms with Crippen LogP contribution in [0.3, 0.4) is 0 Å². The minimum absolute atomic E-state index is 0.618. The first-order valence-electron chi connectivity index (χ1n) is 8.43. The van der Waals surface area contributed by atoms with Crippen molar-refractivity contribution in [3.8, 4) is 23.0 Å². The maximum absolute atomic E-state index is 5.61. The molecule has 0 atom stereocenters. The van der Waals surface area contributed by atoms with E-state index in [-0.39, 0.29) is 0 Å². The van der Waals surface area contributed by atoms with Crippen LogP contribution >= 0.6 is 0 Å². The fourth-order valence-electron chi connectivity index (χ4n) is 2.69. The average Bonchev–Trinajstić information content (AvgIpc) is 2.65. The van der Waals surface area contributed by atoms with Crippen molar-refractivity contribution in [2.24, 2.45) is 0 Å². The Hall–Kier alpha value is -2.40. The van der Waals surface area contributed by atoms with Crippen LogP contribution in [0.1, 0.15) is 18.1 Å². The van der Waals surface area contributed by atoms with Crippen molar-refractivity contribution >= 4 is 0 Å². The van der Waals surface area contributed by atoms with E-state index in [0.29, 0.717) is 6.61 Å². The molecule has 1 N–H and O–H groups in total. The Morgan fingerprint density at radius 2 is 1.68 bits per heavy atom. The van der Waals surface area contributed by atoms with Gasteiger partial charge in [0.25, 0.3) is 0 Å². The molecule has 0 amide bonds. The third kappa shape index (κ3) is 5.03. The summed E-state index contributed by atoms with van der Waals surface area (Å²) in [5.41, 5.74) is 2.28. The van der Waals surface area contributed by atoms with Gasteiger partial charge in [0.05, 0.1) is 27.9 Å². The molecule has 0 aromatic heterocycles. The van der Waals surface area contributed by atoms with Crippen LogP contribution in [0.2, 0.25) is 0 Å². The van der Waals surface area contributed by atoms with Gasteiger partial charge in [-0.25, -0.2) is 0 Å². The summed E-state index contributed by atoms with van der Waals surface area (Å²) in [6.45, 7) is 4.15. The topological polar surface area (TPSA) is 49.0 Å². The second-order valence-corrected chi connectivity index (χ2v) is 5.50. The van der Waals surface area contributed by atoms with E-state index in [1.807, 2.05) is 37.3 Å². The zero-order valence-corrected chi connectivity index (χ0v) is 15.4. The molecule has 0 saturated carbocycles. The molecule has 0 aliphatic carbocycles. The van der Waals surface area contributed by atoms with Crippen LogP contribution in [-0.2, 0) is 13.0 Å². The van der Waals surface area contributed by atoms with Gasteiger partial charge in [-0.05, 0) is 43.7 Å². The Morgan fingerprint density at radius 1 is 0.880 bits per heavy atom. The third-order valence-electron chi connectivity index (χ3n) is 3.92. The van der Waals surface area contributed by atoms with E-state index in [4.69, 9.17) is 18.9 Å². The fourth-order valence-corrected chi connectivity index (χ4v) is 2.69. The number of nitrogens with one attached hydrogen (secondary N) is 1. The predicted octanol–water partition coefficient (Wildman–Crippen LogP) is 3.44. The molecule has 0 aliphatic rings. The van der Waals surface area contributed by atoms with Crippen molar-refractivity contribution in [2.75, 3.05) is 34.5 Å². The van der Waals surface area contributed by atoms with Crippen LogP contribution in [0.25, 0.3) is 0 Å². The van der Waals surface area contributed by atoms with Crippen molar-refractivity contribution in [1.82, 2.24) is 5.32 Å². The van der Waals surface area contributed by atoms with E-state index in [2.05, 4.69) is 11.4 Å². The van der Waals surface area contributed by atoms with Crippen molar-refractivity contribution in [3.63, 3.8) is 0 Å². The van der Waals surface area contributed by atoms with Gasteiger partial charge in [-0.1, -0.05) is 18.2 Å². The van der Waals surface area contributed by atoms with Gasteiger partial charge in [-0.2, -0.15) is 0 Å². The minimum atomic E-state index is 0.618. The number of rotatable bonds is 10. The molecule has 25 heavy (non-hydrogen) atoms. The lowest BCUT2D eigenvalue weighted by Crippen LogP contribution is -2.17. The van der Waals surface area contributed by atoms with Crippen LogP contribution in [-0.4, -0.2) is 34.5 Å². The van der Waals surface area contributed by atoms with Crippen LogP contribution in [0.15, 0.2) is 36.4 Å². The number of methoxy groups -OCH3 is 3. The Morgan fingerprint density at radius 3 is 2.36 bits per heavy atom. The molecular formula is C20H27NO4. The first-order chi connectivity index (χ1) is 12.2. The molecule has 0 saturated heterocycles.